The van der Waals surface area contributed by atoms with Gasteiger partial charge in [0.1, 0.15) is 0 Å². The molecule has 0 saturated heterocycles. The van der Waals surface area contributed by atoms with E-state index < -0.39 is 0 Å². The first-order valence-corrected chi connectivity index (χ1v) is 9.19. The maximum absolute atomic E-state index is 12.4. The summed E-state index contributed by atoms with van der Waals surface area (Å²) in [4.78, 5) is 13.6. The number of hydrogen-bond donors (Lipinski definition) is 2. The Balaban J connectivity index is 1.65. The van der Waals surface area contributed by atoms with Crippen LogP contribution in [-0.2, 0) is 13.6 Å². The molecule has 0 saturated carbocycles. The lowest BCUT2D eigenvalue weighted by Crippen LogP contribution is -2.22. The molecule has 2 N–H and O–H groups in total. The van der Waals surface area contributed by atoms with Gasteiger partial charge in [0.25, 0.3) is 5.91 Å². The topological polar surface area (TPSA) is 59.0 Å². The van der Waals surface area contributed by atoms with Gasteiger partial charge in [0.05, 0.1) is 6.20 Å². The van der Waals surface area contributed by atoms with Crippen molar-refractivity contribution in [1.29, 1.82) is 0 Å². The molecule has 1 amide bonds. The number of hydrogen-bond acceptors (Lipinski definition) is 4. The van der Waals surface area contributed by atoms with Gasteiger partial charge in [-0.1, -0.05) is 18.2 Å². The lowest BCUT2D eigenvalue weighted by Gasteiger charge is -2.11. The van der Waals surface area contributed by atoms with Crippen LogP contribution in [0, 0.1) is 13.8 Å². The lowest BCUT2D eigenvalue weighted by molar-refractivity contribution is 0.0951. The summed E-state index contributed by atoms with van der Waals surface area (Å²) < 4.78 is 5.07. The number of rotatable bonds is 6. The van der Waals surface area contributed by atoms with E-state index in [2.05, 4.69) is 40.3 Å². The lowest BCUT2D eigenvalue weighted by atomic mass is 10.1. The minimum Gasteiger partial charge on any atom is -0.348 e. The fraction of sp³-hybridized carbons (Fsp3) is 0.200. The van der Waals surface area contributed by atoms with Crippen molar-refractivity contribution in [2.75, 3.05) is 4.72 Å². The van der Waals surface area contributed by atoms with E-state index >= 15 is 0 Å². The SMILES string of the molecule is Cc1cccc(SNc2cc(C(=O)NCc3cnn(C)c3)ccc2C)c1. The van der Waals surface area contributed by atoms with Gasteiger partial charge in [-0.2, -0.15) is 5.10 Å². The van der Waals surface area contributed by atoms with Crippen molar-refractivity contribution in [2.45, 2.75) is 25.3 Å². The van der Waals surface area contributed by atoms with Crippen molar-refractivity contribution in [3.05, 3.63) is 77.1 Å². The Morgan fingerprint density at radius 1 is 1.19 bits per heavy atom. The standard InChI is InChI=1S/C20H22N4OS/c1-14-5-4-6-18(9-14)26-23-19-10-17(8-7-15(19)2)20(25)21-11-16-12-22-24(3)13-16/h4-10,12-13,23H,11H2,1-3H3,(H,21,25). The van der Waals surface area contributed by atoms with Gasteiger partial charge in [-0.3, -0.25) is 9.48 Å². The first kappa shape index (κ1) is 18.1. The third-order valence-electron chi connectivity index (χ3n) is 3.98. The van der Waals surface area contributed by atoms with E-state index in [1.807, 2.05) is 44.4 Å². The fourth-order valence-electron chi connectivity index (χ4n) is 2.51. The molecule has 26 heavy (non-hydrogen) atoms. The van der Waals surface area contributed by atoms with E-state index in [0.717, 1.165) is 21.7 Å². The highest BCUT2D eigenvalue weighted by atomic mass is 32.2. The average molecular weight is 366 g/mol. The number of anilines is 1. The smallest absolute Gasteiger partial charge is 0.251 e. The normalized spacial score (nSPS) is 10.6. The molecule has 3 rings (SSSR count). The molecular formula is C20H22N4OS. The highest BCUT2D eigenvalue weighted by molar-refractivity contribution is 8.00. The van der Waals surface area contributed by atoms with Crippen LogP contribution in [0.1, 0.15) is 27.0 Å². The Morgan fingerprint density at radius 3 is 2.77 bits per heavy atom. The van der Waals surface area contributed by atoms with Crippen LogP contribution in [0.2, 0.25) is 0 Å². The molecule has 0 aliphatic rings. The molecule has 1 heterocycles. The van der Waals surface area contributed by atoms with Crippen molar-refractivity contribution >= 4 is 23.5 Å². The van der Waals surface area contributed by atoms with Crippen molar-refractivity contribution in [3.8, 4) is 0 Å². The molecular weight excluding hydrogens is 344 g/mol. The van der Waals surface area contributed by atoms with Gasteiger partial charge in [0.15, 0.2) is 0 Å². The Labute approximate surface area is 157 Å². The highest BCUT2D eigenvalue weighted by Gasteiger charge is 2.09. The first-order chi connectivity index (χ1) is 12.5. The minimum atomic E-state index is -0.0996. The number of nitrogens with zero attached hydrogens (tertiary/aromatic N) is 2. The van der Waals surface area contributed by atoms with Crippen molar-refractivity contribution in [2.24, 2.45) is 7.05 Å². The molecule has 0 spiro atoms. The number of aromatic nitrogens is 2. The Bertz CT molecular complexity index is 920. The van der Waals surface area contributed by atoms with Gasteiger partial charge >= 0.3 is 0 Å². The summed E-state index contributed by atoms with van der Waals surface area (Å²) in [6.45, 7) is 4.56. The maximum atomic E-state index is 12.4. The van der Waals surface area contributed by atoms with Gasteiger partial charge in [0.2, 0.25) is 0 Å². The third-order valence-corrected chi connectivity index (χ3v) is 4.79. The van der Waals surface area contributed by atoms with Crippen molar-refractivity contribution in [1.82, 2.24) is 15.1 Å². The molecule has 0 bridgehead atoms. The van der Waals surface area contributed by atoms with E-state index in [-0.39, 0.29) is 5.91 Å². The van der Waals surface area contributed by atoms with Crippen LogP contribution in [0.5, 0.6) is 0 Å². The summed E-state index contributed by atoms with van der Waals surface area (Å²) in [7, 11) is 1.86. The molecule has 0 unspecified atom stereocenters. The summed E-state index contributed by atoms with van der Waals surface area (Å²) in [5.74, 6) is -0.0996. The second-order valence-electron chi connectivity index (χ2n) is 6.26. The van der Waals surface area contributed by atoms with Crippen molar-refractivity contribution in [3.63, 3.8) is 0 Å². The number of aryl methyl sites for hydroxylation is 3. The van der Waals surface area contributed by atoms with Crippen LogP contribution in [-0.4, -0.2) is 15.7 Å². The van der Waals surface area contributed by atoms with Crippen LogP contribution in [0.4, 0.5) is 5.69 Å². The molecule has 1 aromatic heterocycles. The molecule has 6 heteroatoms. The van der Waals surface area contributed by atoms with Crippen LogP contribution >= 0.6 is 11.9 Å². The van der Waals surface area contributed by atoms with Crippen LogP contribution in [0.3, 0.4) is 0 Å². The molecule has 0 atom stereocenters. The minimum absolute atomic E-state index is 0.0996. The number of nitrogens with one attached hydrogen (secondary N) is 2. The Kier molecular flexibility index (Phi) is 5.63. The number of carbonyl (C=O) groups is 1. The van der Waals surface area contributed by atoms with E-state index in [1.54, 1.807) is 22.8 Å². The number of amides is 1. The average Bonchev–Trinajstić information content (AvgIpc) is 3.04. The summed E-state index contributed by atoms with van der Waals surface area (Å²) in [5.41, 5.74) is 4.85. The fourth-order valence-corrected chi connectivity index (χ4v) is 3.35. The quantitative estimate of drug-likeness (QED) is 0.645. The monoisotopic (exact) mass is 366 g/mol. The van der Waals surface area contributed by atoms with Crippen molar-refractivity contribution < 1.29 is 4.79 Å². The zero-order valence-electron chi connectivity index (χ0n) is 15.1. The second-order valence-corrected chi connectivity index (χ2v) is 7.13. The molecule has 134 valence electrons. The maximum Gasteiger partial charge on any atom is 0.251 e. The molecule has 0 radical (unpaired) electrons. The summed E-state index contributed by atoms with van der Waals surface area (Å²) in [6.07, 6.45) is 3.64. The van der Waals surface area contributed by atoms with Crippen LogP contribution in [0.15, 0.2) is 59.8 Å². The zero-order chi connectivity index (χ0) is 18.5. The largest absolute Gasteiger partial charge is 0.348 e. The zero-order valence-corrected chi connectivity index (χ0v) is 15.9. The number of benzene rings is 2. The predicted molar refractivity (Wildman–Crippen MR) is 106 cm³/mol. The van der Waals surface area contributed by atoms with Gasteiger partial charge in [0, 0.05) is 41.5 Å². The molecule has 0 aliphatic carbocycles. The molecule has 0 fully saturated rings. The van der Waals surface area contributed by atoms with Crippen LogP contribution < -0.4 is 10.0 Å². The summed E-state index contributed by atoms with van der Waals surface area (Å²) >= 11 is 1.54. The molecule has 3 aromatic rings. The highest BCUT2D eigenvalue weighted by Crippen LogP contribution is 2.25. The summed E-state index contributed by atoms with van der Waals surface area (Å²) in [6, 6.07) is 14.0. The molecule has 0 aliphatic heterocycles. The molecule has 2 aromatic carbocycles. The van der Waals surface area contributed by atoms with Gasteiger partial charge < -0.3 is 10.0 Å². The Hall–Kier alpha value is -2.73. The summed E-state index contributed by atoms with van der Waals surface area (Å²) in [5, 5.41) is 7.03. The second kappa shape index (κ2) is 8.10. The first-order valence-electron chi connectivity index (χ1n) is 8.37. The Morgan fingerprint density at radius 2 is 2.04 bits per heavy atom. The number of carbonyl (C=O) groups excluding carboxylic acids is 1. The predicted octanol–water partition coefficient (Wildman–Crippen LogP) is 4.09. The molecule has 5 nitrogen and oxygen atoms in total. The van der Waals surface area contributed by atoms with E-state index in [1.165, 1.54) is 5.56 Å². The van der Waals surface area contributed by atoms with Gasteiger partial charge in [-0.25, -0.2) is 0 Å². The van der Waals surface area contributed by atoms with E-state index in [4.69, 9.17) is 0 Å². The van der Waals surface area contributed by atoms with Gasteiger partial charge in [-0.05, 0) is 61.2 Å². The van der Waals surface area contributed by atoms with E-state index in [9.17, 15) is 4.79 Å². The van der Waals surface area contributed by atoms with E-state index in [0.29, 0.717) is 12.1 Å². The van der Waals surface area contributed by atoms with Crippen LogP contribution in [0.25, 0.3) is 0 Å². The van der Waals surface area contributed by atoms with Gasteiger partial charge in [-0.15, -0.1) is 0 Å². The third kappa shape index (κ3) is 4.67.